The minimum Gasteiger partial charge on any atom is -0.481 e. The average molecular weight is 1560 g/mol. The van der Waals surface area contributed by atoms with Crippen molar-refractivity contribution in [3.8, 4) is 0 Å². The van der Waals surface area contributed by atoms with Crippen LogP contribution in [0.25, 0.3) is 10.9 Å². The number of H-pyrrole nitrogens is 1. The van der Waals surface area contributed by atoms with Crippen LogP contribution < -0.4 is 104 Å². The van der Waals surface area contributed by atoms with Crippen LogP contribution in [-0.4, -0.2) is 250 Å². The molecule has 1 aromatic heterocycles. The average Bonchev–Trinajstić information content (AvgIpc) is 1.69. The molecule has 31 N–H and O–H groups in total. The Balaban J connectivity index is 2.39. The zero-order valence-electron chi connectivity index (χ0n) is 63.0. The molecular formula is C68H116N22O18S. The van der Waals surface area contributed by atoms with Gasteiger partial charge in [0.2, 0.25) is 70.9 Å². The van der Waals surface area contributed by atoms with Gasteiger partial charge >= 0.3 is 11.9 Å². The fourth-order valence-electron chi connectivity index (χ4n) is 10.9. The number of amides is 12. The number of carbonyl (C=O) groups is 14. The Bertz CT molecular complexity index is 3390. The molecular weight excluding hydrogens is 1440 g/mol. The van der Waals surface area contributed by atoms with E-state index in [2.05, 4.69) is 78.8 Å². The number of aromatic amines is 1. The zero-order chi connectivity index (χ0) is 82.0. The third kappa shape index (κ3) is 35.7. The van der Waals surface area contributed by atoms with Crippen LogP contribution >= 0.6 is 11.8 Å². The Kier molecular flexibility index (Phi) is 44.2. The minimum absolute atomic E-state index is 0.00241. The predicted molar refractivity (Wildman–Crippen MR) is 406 cm³/mol. The van der Waals surface area contributed by atoms with Gasteiger partial charge in [0.15, 0.2) is 11.9 Å². The van der Waals surface area contributed by atoms with E-state index in [4.69, 9.17) is 40.1 Å². The number of hydrogen-bond acceptors (Lipinski definition) is 22. The largest absolute Gasteiger partial charge is 0.481 e. The number of aromatic nitrogens is 1. The van der Waals surface area contributed by atoms with Gasteiger partial charge in [-0.2, -0.15) is 11.8 Å². The lowest BCUT2D eigenvalue weighted by atomic mass is 9.97. The second kappa shape index (κ2) is 50.6. The number of carboxylic acids is 2. The molecule has 12 amide bonds. The number of fused-ring (bicyclic) bond motifs is 1. The first-order valence-corrected chi connectivity index (χ1v) is 37.6. The number of nitrogens with two attached hydrogens (primary N) is 7. The van der Waals surface area contributed by atoms with Gasteiger partial charge in [-0.3, -0.25) is 72.3 Å². The van der Waals surface area contributed by atoms with E-state index >= 15 is 0 Å². The van der Waals surface area contributed by atoms with E-state index < -0.39 is 187 Å². The number of carbonyl (C=O) groups excluding carboxylic acids is 12. The lowest BCUT2D eigenvalue weighted by Gasteiger charge is -2.29. The maximum Gasteiger partial charge on any atom is 0.326 e. The molecule has 0 radical (unpaired) electrons. The second-order valence-electron chi connectivity index (χ2n) is 26.8. The van der Waals surface area contributed by atoms with Crippen molar-refractivity contribution in [1.29, 1.82) is 0 Å². The molecule has 0 aliphatic carbocycles. The van der Waals surface area contributed by atoms with E-state index in [0.29, 0.717) is 31.2 Å². The monoisotopic (exact) mass is 1560 g/mol. The Morgan fingerprint density at radius 1 is 0.523 bits per heavy atom. The lowest BCUT2D eigenvalue weighted by molar-refractivity contribution is -0.142. The lowest BCUT2D eigenvalue weighted by Crippen LogP contribution is -2.62. The van der Waals surface area contributed by atoms with Crippen LogP contribution in [0.2, 0.25) is 0 Å². The van der Waals surface area contributed by atoms with Crippen molar-refractivity contribution in [1.82, 2.24) is 68.8 Å². The molecule has 612 valence electrons. The number of aliphatic hydroxyl groups is 2. The quantitative estimate of drug-likeness (QED) is 0.0166. The van der Waals surface area contributed by atoms with Crippen LogP contribution in [0.5, 0.6) is 0 Å². The summed E-state index contributed by atoms with van der Waals surface area (Å²) in [7, 11) is 0. The number of thioether (sulfide) groups is 1. The van der Waals surface area contributed by atoms with Crippen LogP contribution in [0.1, 0.15) is 137 Å². The minimum atomic E-state index is -2.03. The number of aliphatic imine (C=N–C) groups is 2. The van der Waals surface area contributed by atoms with E-state index in [0.717, 1.165) is 17.8 Å². The van der Waals surface area contributed by atoms with Crippen molar-refractivity contribution < 1.29 is 87.5 Å². The summed E-state index contributed by atoms with van der Waals surface area (Å²) in [5, 5.41) is 71.7. The van der Waals surface area contributed by atoms with E-state index in [9.17, 15) is 87.5 Å². The molecule has 1 aromatic carbocycles. The van der Waals surface area contributed by atoms with Crippen molar-refractivity contribution in [2.75, 3.05) is 51.3 Å². The molecule has 0 saturated carbocycles. The number of rotatable bonds is 54. The zero-order valence-corrected chi connectivity index (χ0v) is 63.8. The molecule has 0 spiro atoms. The summed E-state index contributed by atoms with van der Waals surface area (Å²) in [5.41, 5.74) is 40.7. The summed E-state index contributed by atoms with van der Waals surface area (Å²) < 4.78 is 0. The summed E-state index contributed by atoms with van der Waals surface area (Å²) in [4.78, 5) is 202. The highest BCUT2D eigenvalue weighted by Crippen LogP contribution is 2.20. The van der Waals surface area contributed by atoms with Gasteiger partial charge < -0.3 is 129 Å². The van der Waals surface area contributed by atoms with Crippen LogP contribution in [0, 0.1) is 11.8 Å². The van der Waals surface area contributed by atoms with Crippen molar-refractivity contribution in [3.05, 3.63) is 36.0 Å². The van der Waals surface area contributed by atoms with Gasteiger partial charge in [-0.05, 0) is 139 Å². The smallest absolute Gasteiger partial charge is 0.326 e. The SMILES string of the molecule is CC[C@H](C)[C@H](NC(=O)[C@H](CCCN=C(N)N)NC(=O)[C@H](CCCCN)NC(=O)[C@H](CCCCN)NC(=O)[C@H](CO)NC(=O)[C@H](CC(=O)O)NC(=O)[C@H](CCSC)NC(=O)[C@@H](NC(=O)[C@H](CC(C)C)NC(=O)[C@H](C)NC(=O)[C@@H](N)CCCN=C(N)N)[C@@H](C)O)C(=O)NCC(=O)N[C@@H](Cc1c[nH]c2ccccc12)C(=O)O. The molecule has 40 nitrogen and oxygen atoms in total. The highest BCUT2D eigenvalue weighted by Gasteiger charge is 2.38. The molecule has 0 aliphatic heterocycles. The molecule has 0 aliphatic rings. The van der Waals surface area contributed by atoms with Gasteiger partial charge in [-0.1, -0.05) is 52.3 Å². The number of unbranched alkanes of at least 4 members (excludes halogenated alkanes) is 2. The summed E-state index contributed by atoms with van der Waals surface area (Å²) in [5.74, 6) is -15.8. The summed E-state index contributed by atoms with van der Waals surface area (Å²) in [6.45, 7) is 7.95. The number of benzene rings is 1. The van der Waals surface area contributed by atoms with Crippen LogP contribution in [0.3, 0.4) is 0 Å². The maximum absolute atomic E-state index is 14.5. The topological polar surface area (TPSA) is 687 Å². The van der Waals surface area contributed by atoms with Gasteiger partial charge in [0.25, 0.3) is 0 Å². The van der Waals surface area contributed by atoms with Gasteiger partial charge in [-0.25, -0.2) is 4.79 Å². The fraction of sp³-hybridized carbons (Fsp3) is 0.647. The Hall–Kier alpha value is -9.97. The molecule has 2 aromatic rings. The summed E-state index contributed by atoms with van der Waals surface area (Å²) in [6, 6.07) is -11.0. The van der Waals surface area contributed by atoms with Crippen molar-refractivity contribution >= 4 is 117 Å². The number of para-hydroxylation sites is 1. The fourth-order valence-corrected chi connectivity index (χ4v) is 11.4. The van der Waals surface area contributed by atoms with E-state index in [-0.39, 0.29) is 114 Å². The van der Waals surface area contributed by atoms with Gasteiger partial charge in [-0.15, -0.1) is 0 Å². The van der Waals surface area contributed by atoms with Crippen molar-refractivity contribution in [2.24, 2.45) is 62.0 Å². The number of aliphatic hydroxyl groups excluding tert-OH is 2. The van der Waals surface area contributed by atoms with Gasteiger partial charge in [0.1, 0.15) is 66.5 Å². The first-order valence-electron chi connectivity index (χ1n) is 36.2. The number of carboxylic acid groups (broad SMARTS) is 2. The van der Waals surface area contributed by atoms with Gasteiger partial charge in [0.05, 0.1) is 31.7 Å². The molecule has 41 heteroatoms. The Labute approximate surface area is 637 Å². The number of nitrogens with zero attached hydrogens (tertiary/aromatic N) is 2. The van der Waals surface area contributed by atoms with Crippen LogP contribution in [-0.2, 0) is 73.5 Å². The molecule has 0 unspecified atom stereocenters. The third-order valence-corrected chi connectivity index (χ3v) is 17.9. The molecule has 14 atom stereocenters. The number of aliphatic carboxylic acids is 2. The summed E-state index contributed by atoms with van der Waals surface area (Å²) in [6.07, 6.45) is 1.81. The first kappa shape index (κ1) is 95.1. The molecule has 0 bridgehead atoms. The van der Waals surface area contributed by atoms with Crippen molar-refractivity contribution in [2.45, 2.75) is 216 Å². The first-order chi connectivity index (χ1) is 51.5. The molecule has 1 heterocycles. The van der Waals surface area contributed by atoms with E-state index in [1.54, 1.807) is 64.4 Å². The maximum atomic E-state index is 14.5. The van der Waals surface area contributed by atoms with E-state index in [1.165, 1.54) is 18.7 Å². The number of nitrogens with one attached hydrogen (secondary N) is 13. The van der Waals surface area contributed by atoms with Crippen LogP contribution in [0.4, 0.5) is 0 Å². The van der Waals surface area contributed by atoms with Crippen molar-refractivity contribution in [3.63, 3.8) is 0 Å². The summed E-state index contributed by atoms with van der Waals surface area (Å²) >= 11 is 1.22. The highest BCUT2D eigenvalue weighted by molar-refractivity contribution is 7.98. The third-order valence-electron chi connectivity index (χ3n) is 17.2. The Morgan fingerprint density at radius 2 is 0.991 bits per heavy atom. The van der Waals surface area contributed by atoms with Gasteiger partial charge in [0, 0.05) is 36.6 Å². The number of guanidine groups is 2. The van der Waals surface area contributed by atoms with E-state index in [1.807, 2.05) is 0 Å². The predicted octanol–water partition coefficient (Wildman–Crippen LogP) is -6.35. The normalized spacial score (nSPS) is 15.0. The molecule has 2 rings (SSSR count). The standard InChI is InChI=1S/C68H116N22O18S/c1-8-36(4)53(64(105)79-33-51(93)81-49(66(107)108)30-39-32-78-42-19-10-9-17-40(39)42)89-60(101)45(22-16-27-77-68(74)75)83-57(98)43(20-11-13-24-69)82-58(99)44(21-12-14-25-70)84-63(104)50(34-91)88-61(102)48(31-52(94)95)87-59(100)46(23-28-109-7)85-65(106)54(38(6)92)90-62(103)47(29-35(2)3)86-55(96)37(5)80-56(97)41(71)18-15-26-76-67(72)73/h9-10,17,19,32,35-38,41,43-50,53-54,78,91-92H,8,11-16,18,20-31,33-34,69-71H2,1-7H3,(H,79,105)(H,80,97)(H,81,93)(H,82,99)(H,83,98)(H,84,104)(H,85,106)(H,86,96)(H,87,100)(H,88,102)(H,89,101)(H,90,103)(H,94,95)(H,107,108)(H4,72,73,76)(H4,74,75,77)/t36-,37-,38+,41-,43-,44-,45-,46-,47-,48-,49-,50-,53-,54-/m0/s1. The molecule has 0 saturated heterocycles. The number of hydrogen-bond donors (Lipinski definition) is 24. The molecule has 109 heavy (non-hydrogen) atoms. The Morgan fingerprint density at radius 3 is 1.50 bits per heavy atom. The second-order valence-corrected chi connectivity index (χ2v) is 27.7. The van der Waals surface area contributed by atoms with Crippen LogP contribution in [0.15, 0.2) is 40.4 Å². The highest BCUT2D eigenvalue weighted by atomic mass is 32.2. The molecule has 0 fully saturated rings.